The second-order valence-electron chi connectivity index (χ2n) is 5.50. The number of hydrogen-bond donors (Lipinski definition) is 1. The Balaban J connectivity index is 1.80. The van der Waals surface area contributed by atoms with Gasteiger partial charge in [-0.15, -0.1) is 11.3 Å². The molecule has 0 saturated carbocycles. The molecule has 27 heavy (non-hydrogen) atoms. The van der Waals surface area contributed by atoms with Crippen LogP contribution in [-0.2, 0) is 0 Å². The molecule has 10 heteroatoms. The van der Waals surface area contributed by atoms with Gasteiger partial charge < -0.3 is 0 Å². The minimum atomic E-state index is -0.539. The summed E-state index contributed by atoms with van der Waals surface area (Å²) in [7, 11) is 0. The zero-order valence-electron chi connectivity index (χ0n) is 13.9. The number of nitro benzene ring substituents is 2. The van der Waals surface area contributed by atoms with E-state index in [1.54, 1.807) is 17.5 Å². The van der Waals surface area contributed by atoms with Gasteiger partial charge in [0, 0.05) is 40.3 Å². The van der Waals surface area contributed by atoms with Crippen LogP contribution in [0.4, 0.5) is 16.5 Å². The number of non-ortho nitro benzene ring substituents is 1. The Morgan fingerprint density at radius 2 is 1.78 bits per heavy atom. The molecule has 1 heterocycles. The summed E-state index contributed by atoms with van der Waals surface area (Å²) in [5, 5.41) is 26.4. The summed E-state index contributed by atoms with van der Waals surface area (Å²) in [5.74, 6) is -0.499. The third-order valence-electron chi connectivity index (χ3n) is 3.85. The van der Waals surface area contributed by atoms with E-state index in [1.165, 1.54) is 48.6 Å². The molecular formula is C17H12N4O5S. The zero-order valence-corrected chi connectivity index (χ0v) is 14.7. The van der Waals surface area contributed by atoms with Gasteiger partial charge in [-0.2, -0.15) is 0 Å². The number of anilines is 1. The number of carbonyl (C=O) groups excluding carboxylic acids is 1. The lowest BCUT2D eigenvalue weighted by Crippen LogP contribution is -2.14. The molecule has 0 aliphatic heterocycles. The second kappa shape index (κ2) is 7.30. The van der Waals surface area contributed by atoms with E-state index < -0.39 is 15.8 Å². The van der Waals surface area contributed by atoms with Crippen molar-refractivity contribution >= 4 is 33.8 Å². The molecule has 0 aliphatic rings. The summed E-state index contributed by atoms with van der Waals surface area (Å²) in [6.45, 7) is 1.51. The maximum absolute atomic E-state index is 12.4. The number of nitrogens with zero attached hydrogens (tertiary/aromatic N) is 3. The van der Waals surface area contributed by atoms with Gasteiger partial charge in [-0.05, 0) is 25.1 Å². The van der Waals surface area contributed by atoms with E-state index in [0.29, 0.717) is 16.4 Å². The fraction of sp³-hybridized carbons (Fsp3) is 0.0588. The summed E-state index contributed by atoms with van der Waals surface area (Å²) in [4.78, 5) is 37.4. The molecule has 0 saturated heterocycles. The first-order valence-corrected chi connectivity index (χ1v) is 8.50. The van der Waals surface area contributed by atoms with E-state index in [0.717, 1.165) is 0 Å². The smallest absolute Gasteiger partial charge is 0.273 e. The normalized spacial score (nSPS) is 10.4. The Morgan fingerprint density at radius 1 is 1.07 bits per heavy atom. The van der Waals surface area contributed by atoms with Crippen molar-refractivity contribution in [1.82, 2.24) is 4.98 Å². The Morgan fingerprint density at radius 3 is 2.41 bits per heavy atom. The molecule has 0 radical (unpaired) electrons. The molecule has 9 nitrogen and oxygen atoms in total. The molecule has 1 aromatic heterocycles. The van der Waals surface area contributed by atoms with Crippen LogP contribution < -0.4 is 5.32 Å². The summed E-state index contributed by atoms with van der Waals surface area (Å²) >= 11 is 1.18. The van der Waals surface area contributed by atoms with Gasteiger partial charge in [0.15, 0.2) is 5.13 Å². The van der Waals surface area contributed by atoms with Gasteiger partial charge in [0.1, 0.15) is 0 Å². The summed E-state index contributed by atoms with van der Waals surface area (Å²) in [6, 6.07) is 10.2. The van der Waals surface area contributed by atoms with Crippen LogP contribution in [0.2, 0.25) is 0 Å². The molecule has 0 spiro atoms. The first-order valence-electron chi connectivity index (χ1n) is 7.62. The fourth-order valence-corrected chi connectivity index (χ4v) is 3.16. The molecule has 136 valence electrons. The lowest BCUT2D eigenvalue weighted by Gasteiger charge is -2.05. The highest BCUT2D eigenvalue weighted by atomic mass is 32.1. The van der Waals surface area contributed by atoms with Crippen LogP contribution in [0.15, 0.2) is 47.8 Å². The highest BCUT2D eigenvalue weighted by Crippen LogP contribution is 2.27. The van der Waals surface area contributed by atoms with Gasteiger partial charge in [-0.1, -0.05) is 6.07 Å². The van der Waals surface area contributed by atoms with Gasteiger partial charge in [0.05, 0.1) is 15.5 Å². The number of aromatic nitrogens is 1. The molecule has 0 aliphatic carbocycles. The van der Waals surface area contributed by atoms with Crippen LogP contribution in [0.25, 0.3) is 11.3 Å². The largest absolute Gasteiger partial charge is 0.298 e. The van der Waals surface area contributed by atoms with Crippen LogP contribution in [-0.4, -0.2) is 20.7 Å². The predicted molar refractivity (Wildman–Crippen MR) is 100.0 cm³/mol. The van der Waals surface area contributed by atoms with Gasteiger partial charge in [-0.3, -0.25) is 30.3 Å². The highest BCUT2D eigenvalue weighted by molar-refractivity contribution is 7.14. The first kappa shape index (κ1) is 18.1. The van der Waals surface area contributed by atoms with Gasteiger partial charge >= 0.3 is 0 Å². The van der Waals surface area contributed by atoms with Crippen LogP contribution in [0.3, 0.4) is 0 Å². The topological polar surface area (TPSA) is 128 Å². The maximum atomic E-state index is 12.4. The number of carbonyl (C=O) groups is 1. The number of benzene rings is 2. The van der Waals surface area contributed by atoms with E-state index >= 15 is 0 Å². The number of hydrogen-bond acceptors (Lipinski definition) is 7. The van der Waals surface area contributed by atoms with Crippen molar-refractivity contribution in [3.63, 3.8) is 0 Å². The highest BCUT2D eigenvalue weighted by Gasteiger charge is 2.19. The minimum Gasteiger partial charge on any atom is -0.298 e. The van der Waals surface area contributed by atoms with Crippen LogP contribution >= 0.6 is 11.3 Å². The van der Waals surface area contributed by atoms with Crippen molar-refractivity contribution in [2.24, 2.45) is 0 Å². The van der Waals surface area contributed by atoms with E-state index in [9.17, 15) is 25.0 Å². The van der Waals surface area contributed by atoms with Crippen LogP contribution in [0, 0.1) is 27.2 Å². The van der Waals surface area contributed by atoms with Gasteiger partial charge in [0.25, 0.3) is 17.3 Å². The Kier molecular flexibility index (Phi) is 4.90. The fourth-order valence-electron chi connectivity index (χ4n) is 2.45. The molecule has 1 amide bonds. The lowest BCUT2D eigenvalue weighted by atomic mass is 10.1. The third kappa shape index (κ3) is 3.80. The number of amides is 1. The summed E-state index contributed by atoms with van der Waals surface area (Å²) in [6.07, 6.45) is 0. The third-order valence-corrected chi connectivity index (χ3v) is 4.60. The number of nitrogens with one attached hydrogen (secondary N) is 1. The molecular weight excluding hydrogens is 372 g/mol. The van der Waals surface area contributed by atoms with Crippen molar-refractivity contribution in [3.05, 3.63) is 79.2 Å². The van der Waals surface area contributed by atoms with Crippen molar-refractivity contribution in [1.29, 1.82) is 0 Å². The number of thiazole rings is 1. The Bertz CT molecular complexity index is 1050. The van der Waals surface area contributed by atoms with Crippen LogP contribution in [0.1, 0.15) is 15.9 Å². The van der Waals surface area contributed by atoms with Crippen molar-refractivity contribution in [2.75, 3.05) is 5.32 Å². The van der Waals surface area contributed by atoms with E-state index in [4.69, 9.17) is 0 Å². The van der Waals surface area contributed by atoms with Gasteiger partial charge in [-0.25, -0.2) is 4.98 Å². The minimum absolute atomic E-state index is 0.0244. The monoisotopic (exact) mass is 384 g/mol. The number of rotatable bonds is 5. The molecule has 3 rings (SSSR count). The Hall–Kier alpha value is -3.66. The molecule has 0 bridgehead atoms. The maximum Gasteiger partial charge on any atom is 0.273 e. The number of nitro groups is 2. The van der Waals surface area contributed by atoms with E-state index in [2.05, 4.69) is 10.3 Å². The zero-order chi connectivity index (χ0) is 19.6. The lowest BCUT2D eigenvalue weighted by molar-refractivity contribution is -0.385. The van der Waals surface area contributed by atoms with Crippen molar-refractivity contribution in [3.8, 4) is 11.3 Å². The van der Waals surface area contributed by atoms with Crippen LogP contribution in [0.5, 0.6) is 0 Å². The SMILES string of the molecule is Cc1c(C(=O)Nc2nc(-c3ccc([N+](=O)[O-])cc3)cs2)cccc1[N+](=O)[O-]. The van der Waals surface area contributed by atoms with E-state index in [1.807, 2.05) is 0 Å². The first-order chi connectivity index (χ1) is 12.9. The summed E-state index contributed by atoms with van der Waals surface area (Å²) < 4.78 is 0. The van der Waals surface area contributed by atoms with Crippen molar-refractivity contribution < 1.29 is 14.6 Å². The molecule has 0 unspecified atom stereocenters. The molecule has 0 atom stereocenters. The predicted octanol–water partition coefficient (Wildman–Crippen LogP) is 4.19. The standard InChI is InChI=1S/C17H12N4O5S/c1-10-13(3-2-4-15(10)21(25)26)16(22)19-17-18-14(9-27-17)11-5-7-12(8-6-11)20(23)24/h2-9H,1H3,(H,18,19,22). The molecule has 1 N–H and O–H groups in total. The summed E-state index contributed by atoms with van der Waals surface area (Å²) in [5.41, 5.74) is 1.53. The molecule has 0 fully saturated rings. The average Bonchev–Trinajstić information content (AvgIpc) is 3.10. The Labute approximate surface area is 156 Å². The molecule has 2 aromatic carbocycles. The van der Waals surface area contributed by atoms with Crippen molar-refractivity contribution in [2.45, 2.75) is 6.92 Å². The van der Waals surface area contributed by atoms with E-state index in [-0.39, 0.29) is 22.5 Å². The molecule has 3 aromatic rings. The average molecular weight is 384 g/mol. The second-order valence-corrected chi connectivity index (χ2v) is 6.36. The quantitative estimate of drug-likeness (QED) is 0.519. The van der Waals surface area contributed by atoms with Gasteiger partial charge in [0.2, 0.25) is 0 Å².